The van der Waals surface area contributed by atoms with Gasteiger partial charge in [0.1, 0.15) is 0 Å². The number of carbonyl (C=O) groups excluding carboxylic acids is 1. The second-order valence-electron chi connectivity index (χ2n) is 4.98. The van der Waals surface area contributed by atoms with E-state index in [2.05, 4.69) is 5.32 Å². The zero-order valence-corrected chi connectivity index (χ0v) is 13.6. The maximum atomic E-state index is 12.7. The fraction of sp³-hybridized carbons (Fsp3) is 0.167. The van der Waals surface area contributed by atoms with Crippen molar-refractivity contribution in [1.82, 2.24) is 0 Å². The van der Waals surface area contributed by atoms with Crippen LogP contribution < -0.4 is 14.8 Å². The topological polar surface area (TPSA) is 47.6 Å². The molecule has 0 fully saturated rings. The molecule has 25 heavy (non-hydrogen) atoms. The van der Waals surface area contributed by atoms with Gasteiger partial charge in [0.25, 0.3) is 0 Å². The molecule has 4 nitrogen and oxygen atoms in total. The Labute approximate surface area is 142 Å². The molecule has 0 unspecified atom stereocenters. The molecule has 132 valence electrons. The number of nitrogens with one attached hydrogen (secondary N) is 1. The van der Waals surface area contributed by atoms with Gasteiger partial charge in [-0.1, -0.05) is 18.2 Å². The monoisotopic (exact) mass is 351 g/mol. The third kappa shape index (κ3) is 4.76. The molecule has 1 N–H and O–H groups in total. The summed E-state index contributed by atoms with van der Waals surface area (Å²) in [7, 11) is 2.96. The second kappa shape index (κ2) is 7.74. The molecule has 0 radical (unpaired) electrons. The maximum Gasteiger partial charge on any atom is 0.416 e. The number of hydrogen-bond donors (Lipinski definition) is 1. The van der Waals surface area contributed by atoms with Gasteiger partial charge < -0.3 is 14.8 Å². The van der Waals surface area contributed by atoms with Crippen molar-refractivity contribution in [1.29, 1.82) is 0 Å². The SMILES string of the molecule is COc1cccc(/C=C/C(=O)Nc2cccc(C(F)(F)F)c2)c1OC. The van der Waals surface area contributed by atoms with Crippen molar-refractivity contribution in [2.45, 2.75) is 6.18 Å². The molecule has 2 aromatic carbocycles. The molecule has 7 heteroatoms. The molecule has 0 aliphatic rings. The van der Waals surface area contributed by atoms with Gasteiger partial charge in [-0.15, -0.1) is 0 Å². The number of anilines is 1. The smallest absolute Gasteiger partial charge is 0.416 e. The fourth-order valence-electron chi connectivity index (χ4n) is 2.17. The third-order valence-electron chi connectivity index (χ3n) is 3.31. The van der Waals surface area contributed by atoms with Gasteiger partial charge >= 0.3 is 6.18 Å². The van der Waals surface area contributed by atoms with E-state index in [0.717, 1.165) is 12.1 Å². The van der Waals surface area contributed by atoms with Crippen LogP contribution in [0.2, 0.25) is 0 Å². The molecule has 0 saturated carbocycles. The molecule has 0 atom stereocenters. The molecule has 2 rings (SSSR count). The predicted octanol–water partition coefficient (Wildman–Crippen LogP) is 4.37. The van der Waals surface area contributed by atoms with Crippen LogP contribution in [-0.2, 0) is 11.0 Å². The zero-order chi connectivity index (χ0) is 18.4. The lowest BCUT2D eigenvalue weighted by molar-refractivity contribution is -0.137. The minimum atomic E-state index is -4.47. The molecule has 0 bridgehead atoms. The highest BCUT2D eigenvalue weighted by Crippen LogP contribution is 2.32. The number of rotatable bonds is 5. The summed E-state index contributed by atoms with van der Waals surface area (Å²) in [5.74, 6) is 0.389. The number of benzene rings is 2. The largest absolute Gasteiger partial charge is 0.493 e. The van der Waals surface area contributed by atoms with Crippen LogP contribution in [0.1, 0.15) is 11.1 Å². The third-order valence-corrected chi connectivity index (χ3v) is 3.31. The van der Waals surface area contributed by atoms with E-state index < -0.39 is 17.6 Å². The number of para-hydroxylation sites is 1. The van der Waals surface area contributed by atoms with Crippen molar-refractivity contribution < 1.29 is 27.4 Å². The van der Waals surface area contributed by atoms with Gasteiger partial charge in [-0.2, -0.15) is 13.2 Å². The van der Waals surface area contributed by atoms with Gasteiger partial charge in [-0.05, 0) is 30.3 Å². The van der Waals surface area contributed by atoms with E-state index in [1.165, 1.54) is 38.5 Å². The summed E-state index contributed by atoms with van der Waals surface area (Å²) < 4.78 is 48.4. The first-order valence-electron chi connectivity index (χ1n) is 7.22. The Kier molecular flexibility index (Phi) is 5.69. The normalized spacial score (nSPS) is 11.4. The van der Waals surface area contributed by atoms with E-state index >= 15 is 0 Å². The summed E-state index contributed by atoms with van der Waals surface area (Å²) in [6.45, 7) is 0. The quantitative estimate of drug-likeness (QED) is 0.814. The number of halogens is 3. The Morgan fingerprint density at radius 1 is 1.08 bits per heavy atom. The van der Waals surface area contributed by atoms with Gasteiger partial charge in [0.05, 0.1) is 19.8 Å². The van der Waals surface area contributed by atoms with Crippen LogP contribution in [0.5, 0.6) is 11.5 Å². The number of ether oxygens (including phenoxy) is 2. The Bertz CT molecular complexity index is 785. The van der Waals surface area contributed by atoms with Gasteiger partial charge in [0.2, 0.25) is 5.91 Å². The van der Waals surface area contributed by atoms with Crippen LogP contribution in [0.3, 0.4) is 0 Å². The number of amides is 1. The van der Waals surface area contributed by atoms with Crippen molar-refractivity contribution in [3.63, 3.8) is 0 Å². The molecule has 0 aromatic heterocycles. The molecule has 0 aliphatic heterocycles. The van der Waals surface area contributed by atoms with Crippen LogP contribution >= 0.6 is 0 Å². The summed E-state index contributed by atoms with van der Waals surface area (Å²) in [5.41, 5.74) is -0.174. The second-order valence-corrected chi connectivity index (χ2v) is 4.98. The number of carbonyl (C=O) groups is 1. The predicted molar refractivity (Wildman–Crippen MR) is 88.7 cm³/mol. The van der Waals surface area contributed by atoms with Crippen LogP contribution in [0.15, 0.2) is 48.5 Å². The Morgan fingerprint density at radius 2 is 1.80 bits per heavy atom. The van der Waals surface area contributed by atoms with E-state index in [4.69, 9.17) is 9.47 Å². The van der Waals surface area contributed by atoms with Gasteiger partial charge in [-0.3, -0.25) is 4.79 Å². The van der Waals surface area contributed by atoms with E-state index in [1.807, 2.05) is 0 Å². The Hall–Kier alpha value is -2.96. The van der Waals surface area contributed by atoms with Crippen molar-refractivity contribution >= 4 is 17.7 Å². The standard InChI is InChI=1S/C18H16F3NO3/c1-24-15-8-3-5-12(17(15)25-2)9-10-16(23)22-14-7-4-6-13(11-14)18(19,20)21/h3-11H,1-2H3,(H,22,23)/b10-9+. The van der Waals surface area contributed by atoms with E-state index in [0.29, 0.717) is 17.1 Å². The van der Waals surface area contributed by atoms with Crippen molar-refractivity contribution in [3.05, 3.63) is 59.7 Å². The highest BCUT2D eigenvalue weighted by Gasteiger charge is 2.30. The fourth-order valence-corrected chi connectivity index (χ4v) is 2.17. The molecule has 0 heterocycles. The minimum Gasteiger partial charge on any atom is -0.493 e. The maximum absolute atomic E-state index is 12.7. The lowest BCUT2D eigenvalue weighted by Gasteiger charge is -2.10. The summed E-state index contributed by atoms with van der Waals surface area (Å²) in [6, 6.07) is 9.57. The molecular formula is C18H16F3NO3. The average Bonchev–Trinajstić information content (AvgIpc) is 2.59. The number of alkyl halides is 3. The lowest BCUT2D eigenvalue weighted by Crippen LogP contribution is -2.10. The van der Waals surface area contributed by atoms with Crippen molar-refractivity contribution in [2.24, 2.45) is 0 Å². The Balaban J connectivity index is 2.15. The Morgan fingerprint density at radius 3 is 2.44 bits per heavy atom. The van der Waals surface area contributed by atoms with Crippen LogP contribution in [-0.4, -0.2) is 20.1 Å². The summed E-state index contributed by atoms with van der Waals surface area (Å²) in [5, 5.41) is 2.39. The van der Waals surface area contributed by atoms with Crippen LogP contribution in [0.25, 0.3) is 6.08 Å². The first-order chi connectivity index (χ1) is 11.8. The van der Waals surface area contributed by atoms with E-state index in [9.17, 15) is 18.0 Å². The lowest BCUT2D eigenvalue weighted by atomic mass is 10.1. The van der Waals surface area contributed by atoms with Gasteiger partial charge in [-0.25, -0.2) is 0 Å². The number of hydrogen-bond acceptors (Lipinski definition) is 3. The van der Waals surface area contributed by atoms with Crippen LogP contribution in [0.4, 0.5) is 18.9 Å². The number of methoxy groups -OCH3 is 2. The highest BCUT2D eigenvalue weighted by molar-refractivity contribution is 6.02. The minimum absolute atomic E-state index is 0.0575. The molecule has 2 aromatic rings. The molecule has 1 amide bonds. The van der Waals surface area contributed by atoms with Gasteiger partial charge in [0.15, 0.2) is 11.5 Å². The van der Waals surface area contributed by atoms with E-state index in [1.54, 1.807) is 18.2 Å². The van der Waals surface area contributed by atoms with E-state index in [-0.39, 0.29) is 5.69 Å². The summed E-state index contributed by atoms with van der Waals surface area (Å²) in [4.78, 5) is 11.9. The van der Waals surface area contributed by atoms with Crippen LogP contribution in [0, 0.1) is 0 Å². The van der Waals surface area contributed by atoms with Crippen molar-refractivity contribution in [3.8, 4) is 11.5 Å². The molecule has 0 saturated heterocycles. The first-order valence-corrected chi connectivity index (χ1v) is 7.22. The molecule has 0 aliphatic carbocycles. The zero-order valence-electron chi connectivity index (χ0n) is 13.6. The van der Waals surface area contributed by atoms with Crippen molar-refractivity contribution in [2.75, 3.05) is 19.5 Å². The molecular weight excluding hydrogens is 335 g/mol. The highest BCUT2D eigenvalue weighted by atomic mass is 19.4. The first kappa shape index (κ1) is 18.4. The van der Waals surface area contributed by atoms with Gasteiger partial charge in [0, 0.05) is 17.3 Å². The average molecular weight is 351 g/mol. The summed E-state index contributed by atoms with van der Waals surface area (Å²) in [6.07, 6.45) is -1.77. The summed E-state index contributed by atoms with van der Waals surface area (Å²) >= 11 is 0. The molecule has 0 spiro atoms.